The molecule has 2 rings (SSSR count). The lowest BCUT2D eigenvalue weighted by atomic mass is 10.0. The molecule has 2 aromatic carbocycles. The van der Waals surface area contributed by atoms with Crippen molar-refractivity contribution >= 4 is 39.1 Å². The van der Waals surface area contributed by atoms with Crippen LogP contribution in [0.4, 0.5) is 0 Å². The third kappa shape index (κ3) is 3.30. The number of hydrogen-bond donors (Lipinski definition) is 0. The molecule has 1 nitrogen and oxygen atoms in total. The van der Waals surface area contributed by atoms with E-state index in [9.17, 15) is 0 Å². The largest absolute Gasteiger partial charge is 0.495 e. The minimum atomic E-state index is -0.300. The van der Waals surface area contributed by atoms with Crippen LogP contribution in [0.25, 0.3) is 0 Å². The van der Waals surface area contributed by atoms with E-state index < -0.39 is 0 Å². The van der Waals surface area contributed by atoms with Crippen molar-refractivity contribution in [1.29, 1.82) is 0 Å². The van der Waals surface area contributed by atoms with Crippen molar-refractivity contribution in [1.82, 2.24) is 0 Å². The van der Waals surface area contributed by atoms with Crippen LogP contribution < -0.4 is 4.74 Å². The average Bonchev–Trinajstić information content (AvgIpc) is 2.46. The first kappa shape index (κ1) is 15.7. The molecule has 0 amide bonds. The normalized spacial score (nSPS) is 12.2. The molecule has 4 heteroatoms. The second-order valence-electron chi connectivity index (χ2n) is 4.47. The lowest BCUT2D eigenvalue weighted by molar-refractivity contribution is 0.407. The molecule has 0 fully saturated rings. The van der Waals surface area contributed by atoms with Gasteiger partial charge in [0.15, 0.2) is 0 Å². The maximum absolute atomic E-state index is 6.60. The van der Waals surface area contributed by atoms with Crippen molar-refractivity contribution in [3.05, 3.63) is 62.6 Å². The molecule has 1 unspecified atom stereocenters. The molecule has 0 N–H and O–H groups in total. The summed E-state index contributed by atoms with van der Waals surface area (Å²) in [5.74, 6) is 0.717. The van der Waals surface area contributed by atoms with Crippen LogP contribution in [0.5, 0.6) is 5.75 Å². The van der Waals surface area contributed by atoms with Crippen molar-refractivity contribution in [2.45, 2.75) is 18.7 Å². The third-order valence-electron chi connectivity index (χ3n) is 3.19. The molecule has 0 bridgehead atoms. The monoisotopic (exact) mass is 372 g/mol. The number of hydrogen-bond acceptors (Lipinski definition) is 1. The van der Waals surface area contributed by atoms with Crippen molar-refractivity contribution < 1.29 is 4.74 Å². The van der Waals surface area contributed by atoms with Gasteiger partial charge in [0.25, 0.3) is 0 Å². The molecule has 0 spiro atoms. The highest BCUT2D eigenvalue weighted by Crippen LogP contribution is 2.41. The number of alkyl halides is 1. The highest BCUT2D eigenvalue weighted by Gasteiger charge is 2.18. The summed E-state index contributed by atoms with van der Waals surface area (Å²) in [4.78, 5) is 0. The SMILES string of the molecule is CCc1ccc(C(Cl)c2cc(Cl)cc(Br)c2OC)cc1. The highest BCUT2D eigenvalue weighted by molar-refractivity contribution is 9.10. The molecule has 0 aliphatic rings. The van der Waals surface area contributed by atoms with Gasteiger partial charge in [-0.1, -0.05) is 42.8 Å². The standard InChI is InChI=1S/C16H15BrCl2O/c1-3-10-4-6-11(7-5-10)15(19)13-8-12(18)9-14(17)16(13)20-2/h4-9,15H,3H2,1-2H3. The molecular weight excluding hydrogens is 359 g/mol. The van der Waals surface area contributed by atoms with Gasteiger partial charge in [0, 0.05) is 10.6 Å². The van der Waals surface area contributed by atoms with E-state index in [1.165, 1.54) is 5.56 Å². The molecule has 20 heavy (non-hydrogen) atoms. The van der Waals surface area contributed by atoms with E-state index in [2.05, 4.69) is 35.0 Å². The molecule has 0 saturated heterocycles. The summed E-state index contributed by atoms with van der Waals surface area (Å²) in [5.41, 5.74) is 3.17. The zero-order valence-corrected chi connectivity index (χ0v) is 14.4. The molecule has 0 radical (unpaired) electrons. The Kier molecular flexibility index (Phi) is 5.36. The van der Waals surface area contributed by atoms with Gasteiger partial charge >= 0.3 is 0 Å². The van der Waals surface area contributed by atoms with Gasteiger partial charge in [-0.3, -0.25) is 0 Å². The molecule has 1 atom stereocenters. The summed E-state index contributed by atoms with van der Waals surface area (Å²) in [6.45, 7) is 2.13. The van der Waals surface area contributed by atoms with Gasteiger partial charge in [-0.05, 0) is 45.6 Å². The highest BCUT2D eigenvalue weighted by atomic mass is 79.9. The maximum Gasteiger partial charge on any atom is 0.138 e. The fourth-order valence-corrected chi connectivity index (χ4v) is 3.39. The first-order valence-electron chi connectivity index (χ1n) is 6.32. The minimum Gasteiger partial charge on any atom is -0.495 e. The van der Waals surface area contributed by atoms with Crippen molar-refractivity contribution in [2.24, 2.45) is 0 Å². The number of methoxy groups -OCH3 is 1. The summed E-state index contributed by atoms with van der Waals surface area (Å²) < 4.78 is 6.23. The quantitative estimate of drug-likeness (QED) is 0.597. The lowest BCUT2D eigenvalue weighted by Crippen LogP contribution is -1.99. The fourth-order valence-electron chi connectivity index (χ4n) is 2.09. The fraction of sp³-hybridized carbons (Fsp3) is 0.250. The van der Waals surface area contributed by atoms with E-state index >= 15 is 0 Å². The minimum absolute atomic E-state index is 0.300. The summed E-state index contributed by atoms with van der Waals surface area (Å²) in [6, 6.07) is 11.9. The van der Waals surface area contributed by atoms with Crippen LogP contribution in [-0.4, -0.2) is 7.11 Å². The molecule has 0 heterocycles. The number of rotatable bonds is 4. The Morgan fingerprint density at radius 3 is 2.40 bits per heavy atom. The Morgan fingerprint density at radius 1 is 1.20 bits per heavy atom. The van der Waals surface area contributed by atoms with E-state index in [0.717, 1.165) is 22.0 Å². The molecule has 0 aliphatic carbocycles. The van der Waals surface area contributed by atoms with Gasteiger partial charge in [-0.15, -0.1) is 11.6 Å². The Morgan fingerprint density at radius 2 is 1.85 bits per heavy atom. The van der Waals surface area contributed by atoms with Crippen molar-refractivity contribution in [3.63, 3.8) is 0 Å². The Hall–Kier alpha value is -0.700. The van der Waals surface area contributed by atoms with Crippen LogP contribution in [-0.2, 0) is 6.42 Å². The van der Waals surface area contributed by atoms with Gasteiger partial charge in [-0.2, -0.15) is 0 Å². The first-order chi connectivity index (χ1) is 9.56. The number of aryl methyl sites for hydroxylation is 1. The van der Waals surface area contributed by atoms with Crippen LogP contribution in [0, 0.1) is 0 Å². The zero-order valence-electron chi connectivity index (χ0n) is 11.3. The number of halogens is 3. The summed E-state index contributed by atoms with van der Waals surface area (Å²) in [6.07, 6.45) is 1.01. The Bertz CT molecular complexity index is 596. The van der Waals surface area contributed by atoms with Crippen LogP contribution in [0.2, 0.25) is 5.02 Å². The van der Waals surface area contributed by atoms with Crippen molar-refractivity contribution in [2.75, 3.05) is 7.11 Å². The van der Waals surface area contributed by atoms with E-state index in [1.807, 2.05) is 18.2 Å². The molecule has 0 saturated carbocycles. The van der Waals surface area contributed by atoms with E-state index in [4.69, 9.17) is 27.9 Å². The van der Waals surface area contributed by atoms with Gasteiger partial charge in [0.1, 0.15) is 5.75 Å². The molecule has 2 aromatic rings. The summed E-state index contributed by atoms with van der Waals surface area (Å²) in [5, 5.41) is 0.328. The lowest BCUT2D eigenvalue weighted by Gasteiger charge is -2.16. The molecule has 0 aromatic heterocycles. The van der Waals surface area contributed by atoms with E-state index in [0.29, 0.717) is 10.8 Å². The number of benzene rings is 2. The maximum atomic E-state index is 6.60. The molecular formula is C16H15BrCl2O. The van der Waals surface area contributed by atoms with Crippen LogP contribution in [0.3, 0.4) is 0 Å². The van der Waals surface area contributed by atoms with Crippen LogP contribution in [0.1, 0.15) is 29.0 Å². The summed E-state index contributed by atoms with van der Waals surface area (Å²) >= 11 is 16.2. The van der Waals surface area contributed by atoms with Gasteiger partial charge < -0.3 is 4.74 Å². The first-order valence-corrected chi connectivity index (χ1v) is 7.93. The second kappa shape index (κ2) is 6.84. The van der Waals surface area contributed by atoms with E-state index in [1.54, 1.807) is 13.2 Å². The Labute approximate surface area is 138 Å². The Balaban J connectivity index is 2.43. The number of ether oxygens (including phenoxy) is 1. The van der Waals surface area contributed by atoms with Crippen LogP contribution >= 0.6 is 39.1 Å². The zero-order chi connectivity index (χ0) is 14.7. The van der Waals surface area contributed by atoms with Crippen LogP contribution in [0.15, 0.2) is 40.9 Å². The summed E-state index contributed by atoms with van der Waals surface area (Å²) in [7, 11) is 1.63. The van der Waals surface area contributed by atoms with E-state index in [-0.39, 0.29) is 5.38 Å². The molecule has 0 aliphatic heterocycles. The predicted molar refractivity (Wildman–Crippen MR) is 89.2 cm³/mol. The average molecular weight is 374 g/mol. The van der Waals surface area contributed by atoms with Gasteiger partial charge in [0.2, 0.25) is 0 Å². The predicted octanol–water partition coefficient (Wildman–Crippen LogP) is 6.00. The third-order valence-corrected chi connectivity index (χ3v) is 4.49. The smallest absolute Gasteiger partial charge is 0.138 e. The van der Waals surface area contributed by atoms with Crippen molar-refractivity contribution in [3.8, 4) is 5.75 Å². The van der Waals surface area contributed by atoms with Gasteiger partial charge in [-0.25, -0.2) is 0 Å². The molecule has 106 valence electrons. The topological polar surface area (TPSA) is 9.23 Å². The second-order valence-corrected chi connectivity index (χ2v) is 6.19. The van der Waals surface area contributed by atoms with Gasteiger partial charge in [0.05, 0.1) is 17.0 Å².